The van der Waals surface area contributed by atoms with Crippen LogP contribution in [0.4, 0.5) is 0 Å². The highest BCUT2D eigenvalue weighted by Gasteiger charge is 2.07. The summed E-state index contributed by atoms with van der Waals surface area (Å²) in [5.41, 5.74) is 9.12. The maximum absolute atomic E-state index is 10.8. The van der Waals surface area contributed by atoms with Gasteiger partial charge in [-0.3, -0.25) is 4.79 Å². The number of carbonyl (C=O) groups is 1. The molecule has 2 N–H and O–H groups in total. The first kappa shape index (κ1) is 16.6. The molecule has 120 valence electrons. The van der Waals surface area contributed by atoms with Gasteiger partial charge in [-0.25, -0.2) is 0 Å². The van der Waals surface area contributed by atoms with Gasteiger partial charge < -0.3 is 15.2 Å². The fourth-order valence-electron chi connectivity index (χ4n) is 2.21. The molecule has 0 spiro atoms. The Kier molecular flexibility index (Phi) is 5.41. The molecule has 0 saturated carbocycles. The molecule has 4 nitrogen and oxygen atoms in total. The van der Waals surface area contributed by atoms with Gasteiger partial charge in [0, 0.05) is 11.6 Å². The lowest BCUT2D eigenvalue weighted by Gasteiger charge is -2.13. The van der Waals surface area contributed by atoms with E-state index in [2.05, 4.69) is 6.07 Å². The number of aryl methyl sites for hydroxylation is 2. The number of amides is 1. The molecule has 0 fully saturated rings. The second-order valence-electron chi connectivity index (χ2n) is 5.36. The van der Waals surface area contributed by atoms with E-state index >= 15 is 0 Å². The molecule has 0 heterocycles. The van der Waals surface area contributed by atoms with E-state index in [1.807, 2.05) is 44.2 Å². The third-order valence-electron chi connectivity index (χ3n) is 3.47. The summed E-state index contributed by atoms with van der Waals surface area (Å²) in [5.74, 6) is 1.12. The molecule has 0 aliphatic rings. The van der Waals surface area contributed by atoms with Crippen LogP contribution in [0.3, 0.4) is 0 Å². The molecular weight excluding hydrogens is 290 g/mol. The van der Waals surface area contributed by atoms with Gasteiger partial charge in [0.05, 0.1) is 7.11 Å². The van der Waals surface area contributed by atoms with Crippen LogP contribution in [0.15, 0.2) is 42.5 Å². The lowest BCUT2D eigenvalue weighted by Crippen LogP contribution is -2.05. The van der Waals surface area contributed by atoms with Gasteiger partial charge in [0.25, 0.3) is 0 Å². The molecular formula is C19H21NO3. The van der Waals surface area contributed by atoms with Gasteiger partial charge in [0.15, 0.2) is 0 Å². The molecule has 2 aromatic carbocycles. The number of methoxy groups -OCH3 is 1. The predicted octanol–water partition coefficient (Wildman–Crippen LogP) is 3.39. The molecule has 0 bridgehead atoms. The fourth-order valence-corrected chi connectivity index (χ4v) is 2.21. The summed E-state index contributed by atoms with van der Waals surface area (Å²) in [5, 5.41) is 0. The minimum atomic E-state index is -0.478. The highest BCUT2D eigenvalue weighted by Crippen LogP contribution is 2.25. The van der Waals surface area contributed by atoms with Crippen LogP contribution in [0, 0.1) is 13.8 Å². The molecule has 1 amide bonds. The lowest BCUT2D eigenvalue weighted by atomic mass is 10.1. The van der Waals surface area contributed by atoms with Crippen LogP contribution in [0.1, 0.15) is 22.3 Å². The first-order chi connectivity index (χ1) is 11.0. The van der Waals surface area contributed by atoms with E-state index in [9.17, 15) is 4.79 Å². The summed E-state index contributed by atoms with van der Waals surface area (Å²) < 4.78 is 11.3. The van der Waals surface area contributed by atoms with Crippen molar-refractivity contribution >= 4 is 12.0 Å². The first-order valence-electron chi connectivity index (χ1n) is 7.34. The van der Waals surface area contributed by atoms with Gasteiger partial charge in [-0.2, -0.15) is 0 Å². The Bertz CT molecular complexity index is 735. The number of rotatable bonds is 6. The number of primary amides is 1. The summed E-state index contributed by atoms with van der Waals surface area (Å²) in [6, 6.07) is 11.7. The Morgan fingerprint density at radius 3 is 2.61 bits per heavy atom. The molecule has 0 aromatic heterocycles. The second kappa shape index (κ2) is 7.49. The average molecular weight is 311 g/mol. The molecule has 23 heavy (non-hydrogen) atoms. The highest BCUT2D eigenvalue weighted by atomic mass is 16.5. The van der Waals surface area contributed by atoms with E-state index in [-0.39, 0.29) is 0 Å². The van der Waals surface area contributed by atoms with Crippen LogP contribution in [0.2, 0.25) is 0 Å². The maximum Gasteiger partial charge on any atom is 0.241 e. The third-order valence-corrected chi connectivity index (χ3v) is 3.47. The zero-order valence-electron chi connectivity index (χ0n) is 13.6. The Morgan fingerprint density at radius 2 is 1.91 bits per heavy atom. The van der Waals surface area contributed by atoms with Gasteiger partial charge in [0.1, 0.15) is 18.1 Å². The highest BCUT2D eigenvalue weighted by molar-refractivity contribution is 5.90. The number of carbonyl (C=O) groups excluding carboxylic acids is 1. The van der Waals surface area contributed by atoms with Crippen LogP contribution in [-0.4, -0.2) is 13.0 Å². The van der Waals surface area contributed by atoms with Crippen LogP contribution in [-0.2, 0) is 11.4 Å². The number of nitrogens with two attached hydrogens (primary N) is 1. The summed E-state index contributed by atoms with van der Waals surface area (Å²) in [6.45, 7) is 4.42. The summed E-state index contributed by atoms with van der Waals surface area (Å²) in [4.78, 5) is 10.8. The fraction of sp³-hybridized carbons (Fsp3) is 0.211. The van der Waals surface area contributed by atoms with Crippen molar-refractivity contribution in [2.75, 3.05) is 7.11 Å². The van der Waals surface area contributed by atoms with E-state index in [0.29, 0.717) is 6.61 Å². The van der Waals surface area contributed by atoms with Gasteiger partial charge >= 0.3 is 0 Å². The van der Waals surface area contributed by atoms with E-state index in [1.165, 1.54) is 6.08 Å². The quantitative estimate of drug-likeness (QED) is 0.832. The Balaban J connectivity index is 2.21. The van der Waals surface area contributed by atoms with Crippen LogP contribution < -0.4 is 15.2 Å². The zero-order chi connectivity index (χ0) is 16.8. The van der Waals surface area contributed by atoms with Crippen molar-refractivity contribution < 1.29 is 14.3 Å². The standard InChI is InChI=1S/C19H21NO3/c1-13-4-5-14(2)18(10-13)23-12-16-11-15(7-9-19(20)21)6-8-17(16)22-3/h4-11H,12H2,1-3H3,(H2,20,21)/b9-7-. The molecule has 0 saturated heterocycles. The SMILES string of the molecule is COc1ccc(/C=C\C(N)=O)cc1COc1cc(C)ccc1C. The summed E-state index contributed by atoms with van der Waals surface area (Å²) in [6.07, 6.45) is 3.00. The number of hydrogen-bond acceptors (Lipinski definition) is 3. The van der Waals surface area contributed by atoms with Crippen molar-refractivity contribution in [3.05, 3.63) is 64.7 Å². The molecule has 0 aliphatic carbocycles. The van der Waals surface area contributed by atoms with Crippen molar-refractivity contribution in [2.45, 2.75) is 20.5 Å². The number of benzene rings is 2. The molecule has 0 atom stereocenters. The van der Waals surface area contributed by atoms with Crippen LogP contribution in [0.5, 0.6) is 11.5 Å². The molecule has 2 rings (SSSR count). The number of ether oxygens (including phenoxy) is 2. The topological polar surface area (TPSA) is 61.5 Å². The summed E-state index contributed by atoms with van der Waals surface area (Å²) >= 11 is 0. The molecule has 0 aliphatic heterocycles. The smallest absolute Gasteiger partial charge is 0.241 e. The molecule has 2 aromatic rings. The molecule has 0 radical (unpaired) electrons. The minimum absolute atomic E-state index is 0.381. The minimum Gasteiger partial charge on any atom is -0.496 e. The third kappa shape index (κ3) is 4.61. The van der Waals surface area contributed by atoms with Crippen molar-refractivity contribution in [2.24, 2.45) is 5.73 Å². The molecule has 0 unspecified atom stereocenters. The van der Waals surface area contributed by atoms with Gasteiger partial charge in [-0.15, -0.1) is 0 Å². The summed E-state index contributed by atoms with van der Waals surface area (Å²) in [7, 11) is 1.62. The predicted molar refractivity (Wildman–Crippen MR) is 91.5 cm³/mol. The van der Waals surface area contributed by atoms with Crippen molar-refractivity contribution in [3.8, 4) is 11.5 Å². The number of hydrogen-bond donors (Lipinski definition) is 1. The van der Waals surface area contributed by atoms with Crippen LogP contribution in [0.25, 0.3) is 6.08 Å². The van der Waals surface area contributed by atoms with Crippen LogP contribution >= 0.6 is 0 Å². The van der Waals surface area contributed by atoms with E-state index in [1.54, 1.807) is 13.2 Å². The Hall–Kier alpha value is -2.75. The Morgan fingerprint density at radius 1 is 1.13 bits per heavy atom. The zero-order valence-corrected chi connectivity index (χ0v) is 13.6. The lowest BCUT2D eigenvalue weighted by molar-refractivity contribution is -0.113. The average Bonchev–Trinajstić information content (AvgIpc) is 2.53. The van der Waals surface area contributed by atoms with Gasteiger partial charge in [-0.05, 0) is 54.8 Å². The van der Waals surface area contributed by atoms with E-state index in [0.717, 1.165) is 33.8 Å². The largest absolute Gasteiger partial charge is 0.496 e. The maximum atomic E-state index is 10.8. The van der Waals surface area contributed by atoms with Gasteiger partial charge in [0.2, 0.25) is 5.91 Å². The van der Waals surface area contributed by atoms with Crippen molar-refractivity contribution in [1.29, 1.82) is 0 Å². The van der Waals surface area contributed by atoms with E-state index in [4.69, 9.17) is 15.2 Å². The van der Waals surface area contributed by atoms with Crippen molar-refractivity contribution in [1.82, 2.24) is 0 Å². The second-order valence-corrected chi connectivity index (χ2v) is 5.36. The monoisotopic (exact) mass is 311 g/mol. The molecule has 4 heteroatoms. The van der Waals surface area contributed by atoms with E-state index < -0.39 is 5.91 Å². The van der Waals surface area contributed by atoms with Crippen molar-refractivity contribution in [3.63, 3.8) is 0 Å². The Labute approximate surface area is 136 Å². The normalized spacial score (nSPS) is 10.7. The first-order valence-corrected chi connectivity index (χ1v) is 7.34. The van der Waals surface area contributed by atoms with Gasteiger partial charge in [-0.1, -0.05) is 18.2 Å².